The summed E-state index contributed by atoms with van der Waals surface area (Å²) >= 11 is 0. The minimum Gasteiger partial charge on any atom is -0.393 e. The molecule has 4 N–H and O–H groups in total. The van der Waals surface area contributed by atoms with Crippen molar-refractivity contribution in [2.45, 2.75) is 37.6 Å². The quantitative estimate of drug-likeness (QED) is 0.454. The van der Waals surface area contributed by atoms with E-state index < -0.39 is 26.1 Å². The summed E-state index contributed by atoms with van der Waals surface area (Å²) in [4.78, 5) is 16.9. The van der Waals surface area contributed by atoms with Gasteiger partial charge in [-0.2, -0.15) is 0 Å². The molecule has 7 heteroatoms. The van der Waals surface area contributed by atoms with Crippen LogP contribution in [0, 0.1) is 0 Å². The van der Waals surface area contributed by atoms with Gasteiger partial charge in [0.1, 0.15) is 0 Å². The Morgan fingerprint density at radius 2 is 1.85 bits per heavy atom. The topological polar surface area (TPSA) is 107 Å². The van der Waals surface area contributed by atoms with Crippen molar-refractivity contribution in [2.24, 2.45) is 0 Å². The Kier molecular flexibility index (Phi) is 3.45. The summed E-state index contributed by atoms with van der Waals surface area (Å²) in [6.07, 6.45) is -1.73. The van der Waals surface area contributed by atoms with E-state index in [9.17, 15) is 9.67 Å². The molecule has 0 amide bonds. The molecule has 13 heavy (non-hydrogen) atoms. The molecule has 1 aliphatic carbocycles. The third-order valence-corrected chi connectivity index (χ3v) is 2.55. The van der Waals surface area contributed by atoms with E-state index in [1.165, 1.54) is 0 Å². The summed E-state index contributed by atoms with van der Waals surface area (Å²) in [6.45, 7) is 0. The molecule has 6 nitrogen and oxygen atoms in total. The van der Waals surface area contributed by atoms with E-state index in [-0.39, 0.29) is 12.8 Å². The van der Waals surface area contributed by atoms with E-state index in [0.717, 1.165) is 0 Å². The Morgan fingerprint density at radius 1 is 1.23 bits per heavy atom. The molecule has 0 saturated heterocycles. The van der Waals surface area contributed by atoms with Gasteiger partial charge in [-0.1, -0.05) is 0 Å². The first kappa shape index (κ1) is 11.1. The first-order valence-corrected chi connectivity index (χ1v) is 5.51. The maximum Gasteiger partial charge on any atom is 0.469 e. The van der Waals surface area contributed by atoms with E-state index in [2.05, 4.69) is 4.52 Å². The third kappa shape index (κ3) is 3.72. The van der Waals surface area contributed by atoms with Crippen molar-refractivity contribution < 1.29 is 29.1 Å². The van der Waals surface area contributed by atoms with Crippen molar-refractivity contribution in [2.75, 3.05) is 0 Å². The number of phosphoric acid groups is 1. The van der Waals surface area contributed by atoms with Crippen LogP contribution in [0.15, 0.2) is 0 Å². The summed E-state index contributed by atoms with van der Waals surface area (Å²) in [6, 6.07) is 0. The fourth-order valence-electron chi connectivity index (χ4n) is 1.40. The lowest BCUT2D eigenvalue weighted by atomic mass is 9.93. The molecule has 1 saturated carbocycles. The monoisotopic (exact) mass is 212 g/mol. The highest BCUT2D eigenvalue weighted by Crippen LogP contribution is 2.40. The fraction of sp³-hybridized carbons (Fsp3) is 1.00. The normalized spacial score (nSPS) is 36.2. The van der Waals surface area contributed by atoms with Crippen LogP contribution in [-0.2, 0) is 9.09 Å². The van der Waals surface area contributed by atoms with Crippen LogP contribution >= 0.6 is 7.82 Å². The Balaban J connectivity index is 2.47. The largest absolute Gasteiger partial charge is 0.469 e. The van der Waals surface area contributed by atoms with Crippen LogP contribution in [-0.4, -0.2) is 38.3 Å². The van der Waals surface area contributed by atoms with Crippen LogP contribution < -0.4 is 0 Å². The van der Waals surface area contributed by atoms with Crippen LogP contribution in [0.25, 0.3) is 0 Å². The highest BCUT2D eigenvalue weighted by atomic mass is 31.2. The van der Waals surface area contributed by atoms with Gasteiger partial charge in [0.15, 0.2) is 0 Å². The molecule has 0 aromatic rings. The molecule has 1 rings (SSSR count). The van der Waals surface area contributed by atoms with Gasteiger partial charge in [0.2, 0.25) is 0 Å². The molecular weight excluding hydrogens is 199 g/mol. The second-order valence-corrected chi connectivity index (χ2v) is 4.36. The number of aliphatic hydroxyl groups is 2. The summed E-state index contributed by atoms with van der Waals surface area (Å²) in [5.41, 5.74) is 0. The van der Waals surface area contributed by atoms with Crippen LogP contribution in [0.3, 0.4) is 0 Å². The molecule has 0 unspecified atom stereocenters. The van der Waals surface area contributed by atoms with Crippen molar-refractivity contribution in [1.82, 2.24) is 0 Å². The van der Waals surface area contributed by atoms with Gasteiger partial charge in [0, 0.05) is 6.42 Å². The molecule has 0 aromatic carbocycles. The predicted molar refractivity (Wildman–Crippen MR) is 42.8 cm³/mol. The maximum atomic E-state index is 10.4. The van der Waals surface area contributed by atoms with Crippen molar-refractivity contribution in [1.29, 1.82) is 0 Å². The third-order valence-electron chi connectivity index (χ3n) is 2.00. The molecule has 1 aliphatic rings. The fourth-order valence-corrected chi connectivity index (χ4v) is 2.00. The maximum absolute atomic E-state index is 10.4. The van der Waals surface area contributed by atoms with Gasteiger partial charge >= 0.3 is 7.82 Å². The van der Waals surface area contributed by atoms with Crippen LogP contribution in [0.5, 0.6) is 0 Å². The summed E-state index contributed by atoms with van der Waals surface area (Å²) in [5.74, 6) is 0. The number of aliphatic hydroxyl groups excluding tert-OH is 2. The lowest BCUT2D eigenvalue weighted by Crippen LogP contribution is -2.37. The van der Waals surface area contributed by atoms with Crippen molar-refractivity contribution in [3.8, 4) is 0 Å². The molecule has 0 aliphatic heterocycles. The van der Waals surface area contributed by atoms with Gasteiger partial charge < -0.3 is 20.0 Å². The SMILES string of the molecule is O=P(O)(O)O[C@@H]1CC[C@@H](O)C[C@@H]1O. The Labute approximate surface area is 75.4 Å². The zero-order chi connectivity index (χ0) is 10.1. The van der Waals surface area contributed by atoms with Crippen molar-refractivity contribution in [3.63, 3.8) is 0 Å². The van der Waals surface area contributed by atoms with E-state index in [1.807, 2.05) is 0 Å². The van der Waals surface area contributed by atoms with Crippen molar-refractivity contribution >= 4 is 7.82 Å². The second-order valence-electron chi connectivity index (χ2n) is 3.17. The zero-order valence-corrected chi connectivity index (χ0v) is 7.80. The standard InChI is InChI=1S/C6H13O6P/c7-4-1-2-6(5(8)3-4)12-13(9,10)11/h4-8H,1-3H2,(H2,9,10,11)/t4-,5+,6-/m1/s1. The smallest absolute Gasteiger partial charge is 0.393 e. The van der Waals surface area contributed by atoms with Crippen LogP contribution in [0.4, 0.5) is 0 Å². The van der Waals surface area contributed by atoms with Gasteiger partial charge in [-0.15, -0.1) is 0 Å². The number of rotatable bonds is 2. The molecule has 0 aromatic heterocycles. The molecular formula is C6H13O6P. The Bertz CT molecular complexity index is 213. The minimum absolute atomic E-state index is 0.102. The van der Waals surface area contributed by atoms with Gasteiger partial charge in [0.25, 0.3) is 0 Å². The van der Waals surface area contributed by atoms with Crippen LogP contribution in [0.2, 0.25) is 0 Å². The molecule has 78 valence electrons. The average molecular weight is 212 g/mol. The zero-order valence-electron chi connectivity index (χ0n) is 6.91. The van der Waals surface area contributed by atoms with E-state index in [1.54, 1.807) is 0 Å². The second kappa shape index (κ2) is 4.04. The van der Waals surface area contributed by atoms with E-state index in [0.29, 0.717) is 6.42 Å². The molecule has 1 fully saturated rings. The molecule has 0 bridgehead atoms. The number of phosphoric ester groups is 1. The number of hydrogen-bond donors (Lipinski definition) is 4. The first-order valence-electron chi connectivity index (χ1n) is 3.98. The lowest BCUT2D eigenvalue weighted by Gasteiger charge is -2.30. The van der Waals surface area contributed by atoms with Gasteiger partial charge in [-0.3, -0.25) is 4.52 Å². The minimum atomic E-state index is -4.53. The lowest BCUT2D eigenvalue weighted by molar-refractivity contribution is -0.0475. The molecule has 0 spiro atoms. The van der Waals surface area contributed by atoms with E-state index in [4.69, 9.17) is 14.9 Å². The van der Waals surface area contributed by atoms with E-state index >= 15 is 0 Å². The Hall–Kier alpha value is 0.0300. The summed E-state index contributed by atoms with van der Waals surface area (Å²) in [7, 11) is -4.53. The highest BCUT2D eigenvalue weighted by molar-refractivity contribution is 7.46. The van der Waals surface area contributed by atoms with Crippen LogP contribution in [0.1, 0.15) is 19.3 Å². The first-order chi connectivity index (χ1) is 5.88. The Morgan fingerprint density at radius 3 is 2.31 bits per heavy atom. The van der Waals surface area contributed by atoms with Crippen molar-refractivity contribution in [3.05, 3.63) is 0 Å². The average Bonchev–Trinajstić information content (AvgIpc) is 1.93. The molecule has 0 radical (unpaired) electrons. The van der Waals surface area contributed by atoms with Gasteiger partial charge in [-0.05, 0) is 12.8 Å². The molecule has 3 atom stereocenters. The number of hydrogen-bond acceptors (Lipinski definition) is 4. The van der Waals surface area contributed by atoms with Gasteiger partial charge in [-0.25, -0.2) is 4.57 Å². The summed E-state index contributed by atoms with van der Waals surface area (Å²) < 4.78 is 14.8. The van der Waals surface area contributed by atoms with Gasteiger partial charge in [0.05, 0.1) is 18.3 Å². The highest BCUT2D eigenvalue weighted by Gasteiger charge is 2.33. The summed E-state index contributed by atoms with van der Waals surface area (Å²) in [5, 5.41) is 18.4. The molecule has 0 heterocycles. The predicted octanol–water partition coefficient (Wildman–Crippen LogP) is -0.630.